The van der Waals surface area contributed by atoms with Crippen LogP contribution in [-0.4, -0.2) is 25.7 Å². The predicted octanol–water partition coefficient (Wildman–Crippen LogP) is 2.83. The van der Waals surface area contributed by atoms with E-state index < -0.39 is 0 Å². The van der Waals surface area contributed by atoms with Crippen LogP contribution < -0.4 is 20.9 Å². The molecule has 24 heavy (non-hydrogen) atoms. The summed E-state index contributed by atoms with van der Waals surface area (Å²) in [6.07, 6.45) is 2.03. The Balaban J connectivity index is 1.45. The Hall–Kier alpha value is -1.88. The van der Waals surface area contributed by atoms with Crippen LogP contribution in [0.1, 0.15) is 30.5 Å². The van der Waals surface area contributed by atoms with Crippen molar-refractivity contribution in [3.63, 3.8) is 0 Å². The second kappa shape index (κ2) is 8.83. The van der Waals surface area contributed by atoms with E-state index in [1.165, 1.54) is 11.1 Å². The molecule has 2 unspecified atom stereocenters. The number of likely N-dealkylation sites (N-methyl/N-ethyl adjacent to an activating group) is 1. The van der Waals surface area contributed by atoms with Gasteiger partial charge in [-0.05, 0) is 36.2 Å². The standard InChI is InChI=1S/C20H27N3O/c1-2-21-15-18-14-20(23-22-18)17-8-10-19(11-9-17)24-13-12-16-6-4-3-5-7-16/h3-11,18,20-23H,2,12-15H2,1H3. The number of benzene rings is 2. The molecule has 2 aromatic carbocycles. The molecule has 1 saturated heterocycles. The maximum Gasteiger partial charge on any atom is 0.119 e. The van der Waals surface area contributed by atoms with Gasteiger partial charge in [-0.2, -0.15) is 0 Å². The van der Waals surface area contributed by atoms with Gasteiger partial charge >= 0.3 is 0 Å². The van der Waals surface area contributed by atoms with Gasteiger partial charge in [-0.1, -0.05) is 49.4 Å². The summed E-state index contributed by atoms with van der Waals surface area (Å²) in [4.78, 5) is 0. The van der Waals surface area contributed by atoms with Crippen LogP contribution in [-0.2, 0) is 6.42 Å². The molecule has 0 amide bonds. The highest BCUT2D eigenvalue weighted by molar-refractivity contribution is 5.30. The number of nitrogens with one attached hydrogen (secondary N) is 3. The van der Waals surface area contributed by atoms with Gasteiger partial charge in [0.05, 0.1) is 6.61 Å². The Morgan fingerprint density at radius 3 is 2.58 bits per heavy atom. The van der Waals surface area contributed by atoms with Gasteiger partial charge in [0, 0.05) is 25.0 Å². The smallest absolute Gasteiger partial charge is 0.119 e. The van der Waals surface area contributed by atoms with Gasteiger partial charge in [-0.3, -0.25) is 5.43 Å². The normalized spacial score (nSPS) is 20.2. The fraction of sp³-hybridized carbons (Fsp3) is 0.400. The van der Waals surface area contributed by atoms with Crippen LogP contribution in [0.3, 0.4) is 0 Å². The highest BCUT2D eigenvalue weighted by Gasteiger charge is 2.24. The molecule has 0 aliphatic carbocycles. The molecule has 2 atom stereocenters. The molecular weight excluding hydrogens is 298 g/mol. The molecule has 128 valence electrons. The van der Waals surface area contributed by atoms with E-state index in [2.05, 4.69) is 71.6 Å². The Morgan fingerprint density at radius 2 is 1.83 bits per heavy atom. The van der Waals surface area contributed by atoms with Crippen molar-refractivity contribution in [1.82, 2.24) is 16.2 Å². The zero-order valence-electron chi connectivity index (χ0n) is 14.3. The fourth-order valence-electron chi connectivity index (χ4n) is 3.02. The fourth-order valence-corrected chi connectivity index (χ4v) is 3.02. The monoisotopic (exact) mass is 325 g/mol. The average Bonchev–Trinajstić information content (AvgIpc) is 3.10. The van der Waals surface area contributed by atoms with Gasteiger partial charge < -0.3 is 10.1 Å². The molecule has 0 saturated carbocycles. The molecule has 1 heterocycles. The van der Waals surface area contributed by atoms with E-state index in [0.717, 1.165) is 31.7 Å². The van der Waals surface area contributed by atoms with E-state index >= 15 is 0 Å². The first-order valence-corrected chi connectivity index (χ1v) is 8.83. The average molecular weight is 325 g/mol. The minimum Gasteiger partial charge on any atom is -0.493 e. The number of hydrazine groups is 1. The summed E-state index contributed by atoms with van der Waals surface area (Å²) in [5.74, 6) is 0.935. The lowest BCUT2D eigenvalue weighted by Crippen LogP contribution is -2.37. The molecule has 4 heteroatoms. The van der Waals surface area contributed by atoms with Crippen LogP contribution in [0.15, 0.2) is 54.6 Å². The van der Waals surface area contributed by atoms with Crippen molar-refractivity contribution in [3.05, 3.63) is 65.7 Å². The largest absolute Gasteiger partial charge is 0.493 e. The van der Waals surface area contributed by atoms with Gasteiger partial charge in [0.25, 0.3) is 0 Å². The zero-order valence-corrected chi connectivity index (χ0v) is 14.3. The van der Waals surface area contributed by atoms with Gasteiger partial charge in [0.15, 0.2) is 0 Å². The van der Waals surface area contributed by atoms with Crippen molar-refractivity contribution in [2.75, 3.05) is 19.7 Å². The lowest BCUT2D eigenvalue weighted by Gasteiger charge is -2.12. The molecule has 1 fully saturated rings. The number of ether oxygens (including phenoxy) is 1. The predicted molar refractivity (Wildman–Crippen MR) is 98.0 cm³/mol. The maximum absolute atomic E-state index is 5.86. The molecule has 0 bridgehead atoms. The summed E-state index contributed by atoms with van der Waals surface area (Å²) in [6, 6.07) is 19.7. The SMILES string of the molecule is CCNCC1CC(c2ccc(OCCc3ccccc3)cc2)NN1. The van der Waals surface area contributed by atoms with Crippen LogP contribution in [0.5, 0.6) is 5.75 Å². The Bertz CT molecular complexity index is 600. The van der Waals surface area contributed by atoms with E-state index in [1.54, 1.807) is 0 Å². The van der Waals surface area contributed by atoms with Crippen LogP contribution in [0.4, 0.5) is 0 Å². The van der Waals surface area contributed by atoms with E-state index in [1.807, 2.05) is 6.07 Å². The van der Waals surface area contributed by atoms with E-state index in [0.29, 0.717) is 18.7 Å². The van der Waals surface area contributed by atoms with Crippen LogP contribution >= 0.6 is 0 Å². The van der Waals surface area contributed by atoms with Crippen molar-refractivity contribution in [3.8, 4) is 5.75 Å². The third-order valence-corrected chi connectivity index (χ3v) is 4.41. The number of rotatable bonds is 8. The molecule has 1 aliphatic heterocycles. The van der Waals surface area contributed by atoms with Gasteiger partial charge in [-0.15, -0.1) is 0 Å². The van der Waals surface area contributed by atoms with Crippen LogP contribution in [0, 0.1) is 0 Å². The lowest BCUT2D eigenvalue weighted by molar-refractivity contribution is 0.322. The van der Waals surface area contributed by atoms with Crippen LogP contribution in [0.2, 0.25) is 0 Å². The number of hydrogen-bond donors (Lipinski definition) is 3. The molecule has 3 rings (SSSR count). The molecular formula is C20H27N3O. The first kappa shape index (κ1) is 17.0. The van der Waals surface area contributed by atoms with Gasteiger partial charge in [0.2, 0.25) is 0 Å². The third-order valence-electron chi connectivity index (χ3n) is 4.41. The quantitative estimate of drug-likeness (QED) is 0.698. The summed E-state index contributed by atoms with van der Waals surface area (Å²) in [7, 11) is 0. The second-order valence-corrected chi connectivity index (χ2v) is 6.23. The van der Waals surface area contributed by atoms with Crippen molar-refractivity contribution in [1.29, 1.82) is 0 Å². The van der Waals surface area contributed by atoms with E-state index in [9.17, 15) is 0 Å². The summed E-state index contributed by atoms with van der Waals surface area (Å²) < 4.78 is 5.86. The first-order chi connectivity index (χ1) is 11.8. The van der Waals surface area contributed by atoms with E-state index in [-0.39, 0.29) is 0 Å². The highest BCUT2D eigenvalue weighted by Crippen LogP contribution is 2.24. The van der Waals surface area contributed by atoms with Crippen molar-refractivity contribution in [2.45, 2.75) is 31.8 Å². The number of hydrogen-bond acceptors (Lipinski definition) is 4. The molecule has 0 spiro atoms. The topological polar surface area (TPSA) is 45.3 Å². The summed E-state index contributed by atoms with van der Waals surface area (Å²) in [5, 5.41) is 3.39. The van der Waals surface area contributed by atoms with Crippen molar-refractivity contribution < 1.29 is 4.74 Å². The first-order valence-electron chi connectivity index (χ1n) is 8.83. The Kier molecular flexibility index (Phi) is 6.24. The second-order valence-electron chi connectivity index (χ2n) is 6.23. The van der Waals surface area contributed by atoms with E-state index in [4.69, 9.17) is 4.74 Å². The lowest BCUT2D eigenvalue weighted by atomic mass is 10.0. The summed E-state index contributed by atoms with van der Waals surface area (Å²) in [5.41, 5.74) is 9.36. The molecule has 3 N–H and O–H groups in total. The summed E-state index contributed by atoms with van der Waals surface area (Å²) >= 11 is 0. The minimum atomic E-state index is 0.368. The highest BCUT2D eigenvalue weighted by atomic mass is 16.5. The third kappa shape index (κ3) is 4.81. The zero-order chi connectivity index (χ0) is 16.6. The van der Waals surface area contributed by atoms with Crippen LogP contribution in [0.25, 0.3) is 0 Å². The molecule has 0 aromatic heterocycles. The molecule has 2 aromatic rings. The van der Waals surface area contributed by atoms with Gasteiger partial charge in [0.1, 0.15) is 5.75 Å². The van der Waals surface area contributed by atoms with Crippen molar-refractivity contribution in [2.24, 2.45) is 0 Å². The molecule has 4 nitrogen and oxygen atoms in total. The minimum absolute atomic E-state index is 0.368. The Morgan fingerprint density at radius 1 is 1.04 bits per heavy atom. The Labute approximate surface area is 144 Å². The van der Waals surface area contributed by atoms with Crippen molar-refractivity contribution >= 4 is 0 Å². The maximum atomic E-state index is 5.86. The molecule has 1 aliphatic rings. The van der Waals surface area contributed by atoms with Gasteiger partial charge in [-0.25, -0.2) is 5.43 Å². The molecule has 0 radical (unpaired) electrons. The summed E-state index contributed by atoms with van der Waals surface area (Å²) in [6.45, 7) is 4.85.